The van der Waals surface area contributed by atoms with Gasteiger partial charge in [-0.2, -0.15) is 0 Å². The van der Waals surface area contributed by atoms with E-state index in [0.717, 1.165) is 39.0 Å². The largest absolute Gasteiger partial charge is 0.497 e. The van der Waals surface area contributed by atoms with Crippen LogP contribution in [-0.2, 0) is 10.0 Å². The molecule has 164 valence electrons. The van der Waals surface area contributed by atoms with Crippen molar-refractivity contribution in [3.05, 3.63) is 109 Å². The number of nitrogens with zero attached hydrogens (tertiary/aromatic N) is 1. The lowest BCUT2D eigenvalue weighted by Gasteiger charge is -2.13. The van der Waals surface area contributed by atoms with Gasteiger partial charge in [0.25, 0.3) is 10.0 Å². The van der Waals surface area contributed by atoms with E-state index in [-0.39, 0.29) is 4.90 Å². The minimum absolute atomic E-state index is 0.265. The quantitative estimate of drug-likeness (QED) is 0.304. The number of fused-ring (bicyclic) bond motifs is 1. The Morgan fingerprint density at radius 3 is 2.09 bits per heavy atom. The zero-order valence-electron chi connectivity index (χ0n) is 18.4. The first-order valence-electron chi connectivity index (χ1n) is 10.6. The Morgan fingerprint density at radius 1 is 0.727 bits per heavy atom. The fraction of sp³-hybridized carbons (Fsp3) is 0.0714. The molecule has 0 atom stereocenters. The highest BCUT2D eigenvalue weighted by molar-refractivity contribution is 7.90. The van der Waals surface area contributed by atoms with Crippen LogP contribution in [0.4, 0.5) is 0 Å². The fourth-order valence-corrected chi connectivity index (χ4v) is 5.40. The van der Waals surface area contributed by atoms with E-state index >= 15 is 0 Å². The first-order chi connectivity index (χ1) is 16.0. The second-order valence-electron chi connectivity index (χ2n) is 7.98. The van der Waals surface area contributed by atoms with Crippen molar-refractivity contribution in [3.63, 3.8) is 0 Å². The number of aromatic nitrogens is 1. The average molecular weight is 454 g/mol. The van der Waals surface area contributed by atoms with E-state index in [1.165, 1.54) is 3.97 Å². The average Bonchev–Trinajstić information content (AvgIpc) is 3.29. The molecule has 0 N–H and O–H groups in total. The Morgan fingerprint density at radius 2 is 1.42 bits per heavy atom. The Hall–Kier alpha value is -3.83. The molecule has 5 heteroatoms. The van der Waals surface area contributed by atoms with Crippen LogP contribution in [0, 0.1) is 6.92 Å². The third-order valence-corrected chi connectivity index (χ3v) is 7.56. The summed E-state index contributed by atoms with van der Waals surface area (Å²) in [6, 6.07) is 30.7. The molecule has 0 aliphatic heterocycles. The first kappa shape index (κ1) is 21.0. The summed E-state index contributed by atoms with van der Waals surface area (Å²) in [7, 11) is -2.11. The van der Waals surface area contributed by atoms with Gasteiger partial charge in [-0.3, -0.25) is 0 Å². The van der Waals surface area contributed by atoms with Gasteiger partial charge in [-0.1, -0.05) is 60.2 Å². The van der Waals surface area contributed by atoms with Crippen molar-refractivity contribution in [2.45, 2.75) is 11.8 Å². The predicted octanol–water partition coefficient (Wildman–Crippen LogP) is 6.53. The third-order valence-electron chi connectivity index (χ3n) is 5.86. The van der Waals surface area contributed by atoms with Gasteiger partial charge in [0.05, 0.1) is 17.5 Å². The second kappa shape index (κ2) is 8.26. The predicted molar refractivity (Wildman–Crippen MR) is 133 cm³/mol. The lowest BCUT2D eigenvalue weighted by molar-refractivity contribution is 0.415. The summed E-state index contributed by atoms with van der Waals surface area (Å²) >= 11 is 0. The van der Waals surface area contributed by atoms with Crippen molar-refractivity contribution < 1.29 is 13.2 Å². The highest BCUT2D eigenvalue weighted by Crippen LogP contribution is 2.36. The van der Waals surface area contributed by atoms with Crippen molar-refractivity contribution in [3.8, 4) is 28.0 Å². The van der Waals surface area contributed by atoms with Crippen LogP contribution in [0.5, 0.6) is 5.75 Å². The number of ether oxygens (including phenoxy) is 1. The van der Waals surface area contributed by atoms with E-state index < -0.39 is 10.0 Å². The van der Waals surface area contributed by atoms with Crippen molar-refractivity contribution in [2.24, 2.45) is 0 Å². The molecule has 0 unspecified atom stereocenters. The van der Waals surface area contributed by atoms with Gasteiger partial charge in [0.2, 0.25) is 0 Å². The summed E-state index contributed by atoms with van der Waals surface area (Å²) in [6.07, 6.45) is 1.64. The summed E-state index contributed by atoms with van der Waals surface area (Å²) in [5.74, 6) is 0.772. The van der Waals surface area contributed by atoms with Crippen LogP contribution in [0.25, 0.3) is 33.2 Å². The van der Waals surface area contributed by atoms with E-state index in [4.69, 9.17) is 4.74 Å². The van der Waals surface area contributed by atoms with Crippen LogP contribution < -0.4 is 4.74 Å². The molecule has 0 saturated carbocycles. The maximum atomic E-state index is 13.5. The highest BCUT2D eigenvalue weighted by Gasteiger charge is 2.21. The van der Waals surface area contributed by atoms with Gasteiger partial charge in [-0.25, -0.2) is 12.4 Å². The monoisotopic (exact) mass is 453 g/mol. The van der Waals surface area contributed by atoms with Crippen molar-refractivity contribution in [1.29, 1.82) is 0 Å². The maximum Gasteiger partial charge on any atom is 0.268 e. The van der Waals surface area contributed by atoms with E-state index in [0.29, 0.717) is 5.52 Å². The van der Waals surface area contributed by atoms with Gasteiger partial charge in [0.15, 0.2) is 0 Å². The Kier molecular flexibility index (Phi) is 5.27. The Balaban J connectivity index is 1.77. The molecule has 5 rings (SSSR count). The Bertz CT molecular complexity index is 1530. The van der Waals surface area contributed by atoms with Gasteiger partial charge >= 0.3 is 0 Å². The molecule has 0 aliphatic rings. The van der Waals surface area contributed by atoms with E-state index in [9.17, 15) is 8.42 Å². The maximum absolute atomic E-state index is 13.5. The highest BCUT2D eigenvalue weighted by atomic mass is 32.2. The van der Waals surface area contributed by atoms with Crippen molar-refractivity contribution in [1.82, 2.24) is 3.97 Å². The molecule has 0 amide bonds. The topological polar surface area (TPSA) is 48.3 Å². The summed E-state index contributed by atoms with van der Waals surface area (Å²) in [5.41, 5.74) is 5.58. The lowest BCUT2D eigenvalue weighted by Crippen LogP contribution is -2.11. The summed E-state index contributed by atoms with van der Waals surface area (Å²) < 4.78 is 33.8. The summed E-state index contributed by atoms with van der Waals surface area (Å²) in [4.78, 5) is 0.265. The normalized spacial score (nSPS) is 11.6. The van der Waals surface area contributed by atoms with E-state index in [2.05, 4.69) is 6.07 Å². The number of methoxy groups -OCH3 is 1. The van der Waals surface area contributed by atoms with Crippen LogP contribution in [0.15, 0.2) is 108 Å². The molecule has 0 spiro atoms. The molecule has 0 bridgehead atoms. The van der Waals surface area contributed by atoms with Gasteiger partial charge in [-0.15, -0.1) is 0 Å². The molecule has 0 radical (unpaired) electrons. The molecule has 0 aliphatic carbocycles. The first-order valence-corrected chi connectivity index (χ1v) is 12.1. The smallest absolute Gasteiger partial charge is 0.268 e. The molecular weight excluding hydrogens is 430 g/mol. The number of hydrogen-bond donors (Lipinski definition) is 0. The molecule has 0 saturated heterocycles. The molecule has 1 aromatic heterocycles. The number of benzene rings is 4. The molecule has 1 heterocycles. The Labute approximate surface area is 193 Å². The summed E-state index contributed by atoms with van der Waals surface area (Å²) in [6.45, 7) is 1.94. The zero-order chi connectivity index (χ0) is 23.0. The van der Waals surface area contributed by atoms with Crippen LogP contribution >= 0.6 is 0 Å². The molecule has 33 heavy (non-hydrogen) atoms. The molecule has 0 fully saturated rings. The number of hydrogen-bond acceptors (Lipinski definition) is 3. The molecular formula is C28H23NO3S. The molecule has 4 aromatic carbocycles. The SMILES string of the molecule is COc1ccc(-c2cc(-c3ccccc3)cc3c2ccn3S(=O)(=O)c2ccc(C)cc2)cc1. The number of aryl methyl sites for hydroxylation is 1. The lowest BCUT2D eigenvalue weighted by atomic mass is 9.96. The van der Waals surface area contributed by atoms with Crippen LogP contribution in [0.1, 0.15) is 5.56 Å². The van der Waals surface area contributed by atoms with Gasteiger partial charge in [-0.05, 0) is 71.6 Å². The molecule has 4 nitrogen and oxygen atoms in total. The van der Waals surface area contributed by atoms with Crippen LogP contribution in [0.3, 0.4) is 0 Å². The van der Waals surface area contributed by atoms with Crippen molar-refractivity contribution >= 4 is 20.9 Å². The van der Waals surface area contributed by atoms with Crippen molar-refractivity contribution in [2.75, 3.05) is 7.11 Å². The van der Waals surface area contributed by atoms with Crippen LogP contribution in [0.2, 0.25) is 0 Å². The summed E-state index contributed by atoms with van der Waals surface area (Å²) in [5, 5.41) is 0.871. The van der Waals surface area contributed by atoms with E-state index in [1.807, 2.05) is 85.8 Å². The van der Waals surface area contributed by atoms with Gasteiger partial charge in [0, 0.05) is 11.6 Å². The van der Waals surface area contributed by atoms with Gasteiger partial charge in [0.1, 0.15) is 5.75 Å². The van der Waals surface area contributed by atoms with Crippen LogP contribution in [-0.4, -0.2) is 19.5 Å². The minimum Gasteiger partial charge on any atom is -0.497 e. The number of rotatable bonds is 5. The van der Waals surface area contributed by atoms with E-state index in [1.54, 1.807) is 25.4 Å². The molecule has 5 aromatic rings. The third kappa shape index (κ3) is 3.81. The zero-order valence-corrected chi connectivity index (χ0v) is 19.2. The fourth-order valence-electron chi connectivity index (χ4n) is 4.06. The second-order valence-corrected chi connectivity index (χ2v) is 9.80. The minimum atomic E-state index is -3.75. The standard InChI is InChI=1S/C28H23NO3S/c1-20-8-14-25(15-9-20)33(30,31)29-17-16-26-27(22-10-12-24(32-2)13-11-22)18-23(19-28(26)29)21-6-4-3-5-7-21/h3-19H,1-2H3. The van der Waals surface area contributed by atoms with Gasteiger partial charge < -0.3 is 4.74 Å².